The Morgan fingerprint density at radius 1 is 1.08 bits per heavy atom. The van der Waals surface area contributed by atoms with Crippen molar-refractivity contribution in [1.82, 2.24) is 25.5 Å². The monoisotopic (exact) mass is 552 g/mol. The first-order valence-electron chi connectivity index (χ1n) is 11.3. The Morgan fingerprint density at radius 3 is 2.45 bits per heavy atom. The van der Waals surface area contributed by atoms with Gasteiger partial charge >= 0.3 is 18.4 Å². The molecule has 0 bridgehead atoms. The maximum atomic E-state index is 15.1. The van der Waals surface area contributed by atoms with E-state index in [4.69, 9.17) is 0 Å². The molecular formula is C23H23F3N6O5S. The molecule has 1 aliphatic rings. The maximum absolute atomic E-state index is 15.1. The topological polar surface area (TPSA) is 134 Å². The van der Waals surface area contributed by atoms with Crippen LogP contribution in [0.1, 0.15) is 15.9 Å². The Labute approximate surface area is 215 Å². The molecule has 4 rings (SSSR count). The number of fused-ring (bicyclic) bond motifs is 1. The van der Waals surface area contributed by atoms with Gasteiger partial charge in [-0.1, -0.05) is 6.07 Å². The zero-order chi connectivity index (χ0) is 27.6. The van der Waals surface area contributed by atoms with Crippen LogP contribution in [0.15, 0.2) is 42.6 Å². The van der Waals surface area contributed by atoms with Crippen molar-refractivity contribution in [2.24, 2.45) is 7.05 Å². The summed E-state index contributed by atoms with van der Waals surface area (Å²) in [6.45, 7) is -0.295. The molecule has 3 aromatic rings. The second kappa shape index (κ2) is 10.7. The van der Waals surface area contributed by atoms with Gasteiger partial charge in [0.15, 0.2) is 9.84 Å². The van der Waals surface area contributed by atoms with Gasteiger partial charge in [-0.2, -0.15) is 13.9 Å². The smallest absolute Gasteiger partial charge is 0.322 e. The molecule has 0 atom stereocenters. The number of carbonyl (C=O) groups is 3. The number of anilines is 1. The molecule has 2 aromatic carbocycles. The summed E-state index contributed by atoms with van der Waals surface area (Å²) in [6.07, 6.45) is -1.70. The van der Waals surface area contributed by atoms with E-state index in [9.17, 15) is 31.6 Å². The van der Waals surface area contributed by atoms with Crippen molar-refractivity contribution in [3.8, 4) is 0 Å². The minimum Gasteiger partial charge on any atom is -0.322 e. The predicted octanol–water partition coefficient (Wildman–Crippen LogP) is 1.60. The van der Waals surface area contributed by atoms with Crippen LogP contribution < -0.4 is 15.8 Å². The quantitative estimate of drug-likeness (QED) is 0.462. The number of benzene rings is 2. The predicted molar refractivity (Wildman–Crippen MR) is 131 cm³/mol. The van der Waals surface area contributed by atoms with Gasteiger partial charge in [0, 0.05) is 42.3 Å². The molecule has 0 aliphatic carbocycles. The standard InChI is InChI=1S/C23H23F3N6O5S/c1-30-19-11-17(5-4-15(19)12-27-30)32(23(35)31-6-8-38(36,37)9-7-31)13-16-3-2-14(10-18(16)24)21(33)28-29-22(34)20(25)26/h2-5,10-12,20H,6-9,13H2,1H3,(H,28,33)(H,29,34). The van der Waals surface area contributed by atoms with Crippen LogP contribution in [0.2, 0.25) is 0 Å². The molecule has 1 saturated heterocycles. The summed E-state index contributed by atoms with van der Waals surface area (Å²) < 4.78 is 64.9. The van der Waals surface area contributed by atoms with Crippen molar-refractivity contribution >= 4 is 44.3 Å². The molecule has 38 heavy (non-hydrogen) atoms. The van der Waals surface area contributed by atoms with Crippen molar-refractivity contribution in [2.45, 2.75) is 13.0 Å². The summed E-state index contributed by atoms with van der Waals surface area (Å²) in [7, 11) is -1.53. The number of halogens is 3. The van der Waals surface area contributed by atoms with Crippen LogP contribution in [0.25, 0.3) is 10.9 Å². The maximum Gasteiger partial charge on any atom is 0.324 e. The van der Waals surface area contributed by atoms with Crippen molar-refractivity contribution in [3.63, 3.8) is 0 Å². The summed E-state index contributed by atoms with van der Waals surface area (Å²) >= 11 is 0. The number of nitrogens with zero attached hydrogens (tertiary/aromatic N) is 4. The van der Waals surface area contributed by atoms with E-state index in [1.807, 2.05) is 0 Å². The van der Waals surface area contributed by atoms with Crippen molar-refractivity contribution in [1.29, 1.82) is 0 Å². The van der Waals surface area contributed by atoms with E-state index in [-0.39, 0.29) is 42.3 Å². The van der Waals surface area contributed by atoms with E-state index >= 15 is 4.39 Å². The summed E-state index contributed by atoms with van der Waals surface area (Å²) in [5.74, 6) is -3.98. The lowest BCUT2D eigenvalue weighted by Crippen LogP contribution is -2.49. The molecule has 1 aromatic heterocycles. The fourth-order valence-corrected chi connectivity index (χ4v) is 5.08. The highest BCUT2D eigenvalue weighted by atomic mass is 32.2. The number of nitrogens with one attached hydrogen (secondary N) is 2. The second-order valence-corrected chi connectivity index (χ2v) is 10.9. The molecule has 0 spiro atoms. The van der Waals surface area contributed by atoms with E-state index in [1.165, 1.54) is 27.4 Å². The molecule has 15 heteroatoms. The first kappa shape index (κ1) is 26.9. The summed E-state index contributed by atoms with van der Waals surface area (Å²) in [5, 5.41) is 4.99. The normalized spacial score (nSPS) is 14.9. The Kier molecular flexibility index (Phi) is 7.57. The van der Waals surface area contributed by atoms with Crippen LogP contribution in [-0.2, 0) is 28.2 Å². The SMILES string of the molecule is Cn1ncc2ccc(N(Cc3ccc(C(=O)NNC(=O)C(F)F)cc3F)C(=O)N3CCS(=O)(=O)CC3)cc21. The highest BCUT2D eigenvalue weighted by Crippen LogP contribution is 2.26. The summed E-state index contributed by atoms with van der Waals surface area (Å²) in [5.41, 5.74) is 4.19. The fourth-order valence-electron chi connectivity index (χ4n) is 3.88. The average Bonchev–Trinajstić information content (AvgIpc) is 3.25. The number of hydrogen-bond donors (Lipinski definition) is 2. The fraction of sp³-hybridized carbons (Fsp3) is 0.304. The number of aryl methyl sites for hydroxylation is 1. The van der Waals surface area contributed by atoms with Gasteiger partial charge in [0.1, 0.15) is 5.82 Å². The Morgan fingerprint density at radius 2 is 1.79 bits per heavy atom. The number of aromatic nitrogens is 2. The van der Waals surface area contributed by atoms with Gasteiger partial charge in [-0.05, 0) is 30.3 Å². The lowest BCUT2D eigenvalue weighted by Gasteiger charge is -2.33. The minimum absolute atomic E-state index is 0.0163. The van der Waals surface area contributed by atoms with Crippen LogP contribution in [0.4, 0.5) is 23.7 Å². The first-order valence-corrected chi connectivity index (χ1v) is 13.1. The van der Waals surface area contributed by atoms with E-state index in [1.54, 1.807) is 41.6 Å². The number of urea groups is 1. The van der Waals surface area contributed by atoms with E-state index in [0.29, 0.717) is 11.2 Å². The second-order valence-electron chi connectivity index (χ2n) is 8.57. The third-order valence-corrected chi connectivity index (χ3v) is 7.64. The lowest BCUT2D eigenvalue weighted by molar-refractivity contribution is -0.132. The average molecular weight is 553 g/mol. The van der Waals surface area contributed by atoms with Gasteiger partial charge in [-0.3, -0.25) is 30.0 Å². The minimum atomic E-state index is -3.34. The molecule has 202 valence electrons. The number of carbonyl (C=O) groups excluding carboxylic acids is 3. The van der Waals surface area contributed by atoms with Gasteiger partial charge in [-0.25, -0.2) is 17.6 Å². The Bertz CT molecular complexity index is 1500. The number of amides is 4. The summed E-state index contributed by atoms with van der Waals surface area (Å²) in [6, 6.07) is 7.89. The molecule has 1 fully saturated rings. The van der Waals surface area contributed by atoms with Gasteiger partial charge in [-0.15, -0.1) is 0 Å². The number of sulfone groups is 1. The largest absolute Gasteiger partial charge is 0.324 e. The van der Waals surface area contributed by atoms with E-state index in [0.717, 1.165) is 11.5 Å². The van der Waals surface area contributed by atoms with Crippen molar-refractivity contribution < 1.29 is 36.0 Å². The number of hydrazine groups is 1. The van der Waals surface area contributed by atoms with Gasteiger partial charge in [0.05, 0.1) is 29.8 Å². The molecule has 0 saturated carbocycles. The highest BCUT2D eigenvalue weighted by molar-refractivity contribution is 7.91. The van der Waals surface area contributed by atoms with Crippen LogP contribution in [0.3, 0.4) is 0 Å². The molecule has 2 N–H and O–H groups in total. The lowest BCUT2D eigenvalue weighted by atomic mass is 10.1. The number of rotatable bonds is 5. The zero-order valence-electron chi connectivity index (χ0n) is 20.0. The van der Waals surface area contributed by atoms with Crippen LogP contribution in [-0.4, -0.2) is 72.0 Å². The molecule has 4 amide bonds. The van der Waals surface area contributed by atoms with E-state index in [2.05, 4.69) is 5.10 Å². The van der Waals surface area contributed by atoms with Crippen LogP contribution in [0.5, 0.6) is 0 Å². The van der Waals surface area contributed by atoms with Crippen molar-refractivity contribution in [2.75, 3.05) is 29.5 Å². The third kappa shape index (κ3) is 5.88. The number of hydrogen-bond acceptors (Lipinski definition) is 6. The van der Waals surface area contributed by atoms with Gasteiger partial charge in [0.25, 0.3) is 5.91 Å². The van der Waals surface area contributed by atoms with E-state index < -0.39 is 39.9 Å². The molecular weight excluding hydrogens is 529 g/mol. The molecule has 2 heterocycles. The molecule has 0 unspecified atom stereocenters. The molecule has 11 nitrogen and oxygen atoms in total. The third-order valence-electron chi connectivity index (χ3n) is 6.03. The van der Waals surface area contributed by atoms with Gasteiger partial charge in [0.2, 0.25) is 0 Å². The Balaban J connectivity index is 1.60. The van der Waals surface area contributed by atoms with Crippen molar-refractivity contribution in [3.05, 3.63) is 59.5 Å². The molecule has 1 aliphatic heterocycles. The zero-order valence-corrected chi connectivity index (χ0v) is 20.8. The number of alkyl halides is 2. The highest BCUT2D eigenvalue weighted by Gasteiger charge is 2.30. The van der Waals surface area contributed by atoms with Crippen LogP contribution in [0, 0.1) is 5.82 Å². The Hall–Kier alpha value is -4.14. The first-order chi connectivity index (χ1) is 17.9. The van der Waals surface area contributed by atoms with Crippen LogP contribution >= 0.6 is 0 Å². The molecule has 0 radical (unpaired) electrons. The summed E-state index contributed by atoms with van der Waals surface area (Å²) in [4.78, 5) is 39.2. The van der Waals surface area contributed by atoms with Gasteiger partial charge < -0.3 is 4.90 Å².